The van der Waals surface area contributed by atoms with Crippen molar-refractivity contribution in [2.24, 2.45) is 17.8 Å². The molecule has 3 nitrogen and oxygen atoms in total. The minimum Gasteiger partial charge on any atom is -0.508 e. The first kappa shape index (κ1) is 16.5. The Morgan fingerprint density at radius 2 is 1.80 bits per heavy atom. The van der Waals surface area contributed by atoms with Crippen molar-refractivity contribution in [1.29, 1.82) is 0 Å². The molecule has 0 aliphatic heterocycles. The molecule has 0 saturated heterocycles. The second-order valence-corrected chi connectivity index (χ2v) is 7.43. The van der Waals surface area contributed by atoms with Crippen LogP contribution >= 0.6 is 0 Å². The van der Waals surface area contributed by atoms with Gasteiger partial charge in [0.15, 0.2) is 5.78 Å². The molecule has 0 amide bonds. The monoisotopic (exact) mass is 352 g/mol. The van der Waals surface area contributed by atoms with E-state index < -0.39 is 29.2 Å². The van der Waals surface area contributed by atoms with Crippen LogP contribution in [0.5, 0.6) is 5.75 Å². The van der Waals surface area contributed by atoms with Crippen molar-refractivity contribution in [2.45, 2.75) is 44.2 Å². The van der Waals surface area contributed by atoms with Crippen molar-refractivity contribution in [1.82, 2.24) is 0 Å². The number of ketones is 1. The Labute approximate surface area is 143 Å². The van der Waals surface area contributed by atoms with Gasteiger partial charge in [-0.3, -0.25) is 4.79 Å². The summed E-state index contributed by atoms with van der Waals surface area (Å²) >= 11 is 0. The normalized spacial score (nSPS) is 33.5. The van der Waals surface area contributed by atoms with Crippen LogP contribution in [0.2, 0.25) is 0 Å². The van der Waals surface area contributed by atoms with Crippen molar-refractivity contribution in [3.63, 3.8) is 0 Å². The minimum atomic E-state index is -4.87. The number of rotatable bonds is 0. The maximum Gasteiger partial charge on any atom is 0.449 e. The fourth-order valence-electron chi connectivity index (χ4n) is 5.24. The molecule has 6 heteroatoms. The number of carbonyl (C=O) groups excluding carboxylic acids is 1. The maximum absolute atomic E-state index is 12.8. The molecule has 25 heavy (non-hydrogen) atoms. The molecular weight excluding hydrogens is 333 g/mol. The number of hydrogen-bond acceptors (Lipinski definition) is 3. The van der Waals surface area contributed by atoms with E-state index in [9.17, 15) is 28.2 Å². The molecule has 3 aliphatic carbocycles. The zero-order chi connectivity index (χ0) is 17.9. The topological polar surface area (TPSA) is 57.5 Å². The lowest BCUT2D eigenvalue weighted by Crippen LogP contribution is -2.35. The van der Waals surface area contributed by atoms with E-state index in [4.69, 9.17) is 0 Å². The number of benzene rings is 1. The predicted octanol–water partition coefficient (Wildman–Crippen LogP) is 4.41. The highest BCUT2D eigenvalue weighted by Gasteiger charge is 2.52. The molecular formula is C19H19F3O3. The lowest BCUT2D eigenvalue weighted by atomic mass is 9.61. The van der Waals surface area contributed by atoms with Gasteiger partial charge in [-0.2, -0.15) is 13.2 Å². The molecule has 0 aromatic heterocycles. The number of aliphatic hydroxyl groups excluding tert-OH is 1. The van der Waals surface area contributed by atoms with Gasteiger partial charge in [-0.05, 0) is 73.1 Å². The van der Waals surface area contributed by atoms with Crippen LogP contribution in [0.4, 0.5) is 13.2 Å². The number of phenols is 1. The molecule has 0 radical (unpaired) electrons. The maximum atomic E-state index is 12.8. The number of aromatic hydroxyl groups is 1. The molecule has 2 fully saturated rings. The van der Waals surface area contributed by atoms with E-state index in [1.807, 2.05) is 6.07 Å². The third-order valence-corrected chi connectivity index (χ3v) is 6.27. The third-order valence-electron chi connectivity index (χ3n) is 6.27. The number of phenolic OH excluding ortho intramolecular Hbond substituents is 1. The van der Waals surface area contributed by atoms with Gasteiger partial charge < -0.3 is 10.2 Å². The first-order valence-corrected chi connectivity index (χ1v) is 8.62. The molecule has 4 rings (SSSR count). The lowest BCUT2D eigenvalue weighted by molar-refractivity contribution is -0.128. The highest BCUT2D eigenvalue weighted by molar-refractivity contribution is 6.00. The summed E-state index contributed by atoms with van der Waals surface area (Å²) in [5.41, 5.74) is 1.81. The fourth-order valence-corrected chi connectivity index (χ4v) is 5.24. The van der Waals surface area contributed by atoms with Crippen LogP contribution in [0.25, 0.3) is 0 Å². The summed E-state index contributed by atoms with van der Waals surface area (Å²) in [5, 5.41) is 19.1. The number of halogens is 3. The van der Waals surface area contributed by atoms with Crippen LogP contribution in [-0.2, 0) is 11.2 Å². The van der Waals surface area contributed by atoms with Gasteiger partial charge in [0.05, 0.1) is 0 Å². The quantitative estimate of drug-likeness (QED) is 0.537. The Morgan fingerprint density at radius 1 is 1.08 bits per heavy atom. The van der Waals surface area contributed by atoms with Gasteiger partial charge in [0.1, 0.15) is 5.75 Å². The first-order valence-electron chi connectivity index (χ1n) is 8.62. The average Bonchev–Trinajstić information content (AvgIpc) is 2.89. The van der Waals surface area contributed by atoms with E-state index in [1.165, 1.54) is 0 Å². The van der Waals surface area contributed by atoms with E-state index >= 15 is 0 Å². The van der Waals surface area contributed by atoms with E-state index in [0.29, 0.717) is 6.42 Å². The number of allylic oxidation sites excluding steroid dienone is 2. The number of carbonyl (C=O) groups is 1. The molecule has 1 aromatic carbocycles. The Hall–Kier alpha value is -1.98. The van der Waals surface area contributed by atoms with Gasteiger partial charge in [0.25, 0.3) is 0 Å². The zero-order valence-corrected chi connectivity index (χ0v) is 13.5. The molecule has 1 aromatic rings. The lowest BCUT2D eigenvalue weighted by Gasteiger charge is -2.43. The highest BCUT2D eigenvalue weighted by atomic mass is 19.4. The van der Waals surface area contributed by atoms with Crippen LogP contribution in [0, 0.1) is 17.8 Å². The van der Waals surface area contributed by atoms with Gasteiger partial charge in [-0.15, -0.1) is 0 Å². The second-order valence-electron chi connectivity index (χ2n) is 7.43. The zero-order valence-electron chi connectivity index (χ0n) is 13.5. The van der Waals surface area contributed by atoms with Gasteiger partial charge >= 0.3 is 6.18 Å². The summed E-state index contributed by atoms with van der Waals surface area (Å²) in [6, 6.07) is 5.31. The molecule has 4 atom stereocenters. The Balaban J connectivity index is 1.68. The van der Waals surface area contributed by atoms with E-state index in [0.717, 1.165) is 30.4 Å². The predicted molar refractivity (Wildman–Crippen MR) is 84.2 cm³/mol. The molecule has 0 spiro atoms. The molecule has 0 heterocycles. The Bertz CT molecular complexity index is 766. The van der Waals surface area contributed by atoms with Gasteiger partial charge in [0.2, 0.25) is 5.76 Å². The van der Waals surface area contributed by atoms with Crippen LogP contribution in [0.1, 0.15) is 42.7 Å². The van der Waals surface area contributed by atoms with E-state index in [2.05, 4.69) is 0 Å². The van der Waals surface area contributed by atoms with Gasteiger partial charge in [-0.1, -0.05) is 6.07 Å². The van der Waals surface area contributed by atoms with Gasteiger partial charge in [-0.25, -0.2) is 0 Å². The summed E-state index contributed by atoms with van der Waals surface area (Å²) in [6.07, 6.45) is -1.98. The summed E-state index contributed by atoms with van der Waals surface area (Å²) in [5.74, 6) is -2.17. The molecule has 134 valence electrons. The standard InChI is InChI=1S/C19H19F3O3/c20-19(21,22)18(25)16-8-15-13-3-1-9-7-10(23)2-4-11(9)12(13)5-6-14(15)17(16)24/h2,4,7,12-15,23,25H,1,3,5-6,8H2/b18-16-. The molecule has 3 aliphatic rings. The smallest absolute Gasteiger partial charge is 0.449 e. The summed E-state index contributed by atoms with van der Waals surface area (Å²) < 4.78 is 38.5. The number of Topliss-reactive ketones (excluding diaryl/α,β-unsaturated/α-hetero) is 1. The number of aryl methyl sites for hydroxylation is 1. The van der Waals surface area contributed by atoms with E-state index in [1.54, 1.807) is 12.1 Å². The van der Waals surface area contributed by atoms with Crippen molar-refractivity contribution >= 4 is 5.78 Å². The SMILES string of the molecule is O=C1/C(=C(\O)C(F)(F)F)CC2C1CCC1c3ccc(O)cc3CCC12. The van der Waals surface area contributed by atoms with Gasteiger partial charge in [0, 0.05) is 11.5 Å². The molecule has 2 saturated carbocycles. The molecule has 2 N–H and O–H groups in total. The van der Waals surface area contributed by atoms with Crippen molar-refractivity contribution < 1.29 is 28.2 Å². The molecule has 0 bridgehead atoms. The minimum absolute atomic E-state index is 0.0173. The number of hydrogen-bond donors (Lipinski definition) is 2. The summed E-state index contributed by atoms with van der Waals surface area (Å²) in [6.45, 7) is 0. The largest absolute Gasteiger partial charge is 0.508 e. The number of aliphatic hydroxyl groups is 1. The Morgan fingerprint density at radius 3 is 2.52 bits per heavy atom. The highest BCUT2D eigenvalue weighted by Crippen LogP contribution is 2.56. The summed E-state index contributed by atoms with van der Waals surface area (Å²) in [7, 11) is 0. The van der Waals surface area contributed by atoms with Crippen LogP contribution < -0.4 is 0 Å². The van der Waals surface area contributed by atoms with E-state index in [-0.39, 0.29) is 29.9 Å². The second kappa shape index (κ2) is 5.51. The first-order chi connectivity index (χ1) is 11.8. The van der Waals surface area contributed by atoms with Crippen LogP contribution in [0.15, 0.2) is 29.5 Å². The Kier molecular flexibility index (Phi) is 3.63. The average molecular weight is 352 g/mol. The van der Waals surface area contributed by atoms with Crippen LogP contribution in [0.3, 0.4) is 0 Å². The third kappa shape index (κ3) is 2.53. The number of alkyl halides is 3. The molecule has 4 unspecified atom stereocenters. The van der Waals surface area contributed by atoms with Crippen molar-refractivity contribution in [3.05, 3.63) is 40.7 Å². The summed E-state index contributed by atoms with van der Waals surface area (Å²) in [4.78, 5) is 12.4. The number of fused-ring (bicyclic) bond motifs is 5. The van der Waals surface area contributed by atoms with Crippen molar-refractivity contribution in [2.75, 3.05) is 0 Å². The van der Waals surface area contributed by atoms with Crippen LogP contribution in [-0.4, -0.2) is 22.2 Å². The fraction of sp³-hybridized carbons (Fsp3) is 0.526. The van der Waals surface area contributed by atoms with Crippen molar-refractivity contribution in [3.8, 4) is 5.75 Å².